The molecule has 1 aliphatic heterocycles. The highest BCUT2D eigenvalue weighted by Gasteiger charge is 2.14. The van der Waals surface area contributed by atoms with Gasteiger partial charge in [0.25, 0.3) is 0 Å². The number of nitrogens with zero attached hydrogens (tertiary/aromatic N) is 1. The Balaban J connectivity index is 2.12. The molecule has 1 aliphatic rings. The Kier molecular flexibility index (Phi) is 3.70. The maximum absolute atomic E-state index is 11.3. The first-order valence-corrected chi connectivity index (χ1v) is 5.80. The molecule has 88 valence electrons. The van der Waals surface area contributed by atoms with Gasteiger partial charge in [0, 0.05) is 17.5 Å². The number of carbonyl (C=O) groups is 1. The number of esters is 1. The third-order valence-corrected chi connectivity index (χ3v) is 2.57. The Hall–Kier alpha value is -1.90. The summed E-state index contributed by atoms with van der Waals surface area (Å²) in [5.74, 6) is -0.305. The lowest BCUT2D eigenvalue weighted by Gasteiger charge is -1.97. The van der Waals surface area contributed by atoms with E-state index in [-0.39, 0.29) is 5.97 Å². The molecule has 0 saturated carbocycles. The molecule has 0 atom stereocenters. The molecule has 0 radical (unpaired) electrons. The van der Waals surface area contributed by atoms with Gasteiger partial charge in [0.15, 0.2) is 0 Å². The van der Waals surface area contributed by atoms with Gasteiger partial charge in [0.1, 0.15) is 0 Å². The van der Waals surface area contributed by atoms with Crippen LogP contribution in [0.15, 0.2) is 47.1 Å². The number of allylic oxidation sites excluding steroid dienone is 1. The molecule has 0 unspecified atom stereocenters. The van der Waals surface area contributed by atoms with Crippen molar-refractivity contribution in [3.05, 3.63) is 47.7 Å². The molecule has 0 fully saturated rings. The van der Waals surface area contributed by atoms with Crippen LogP contribution in [0.3, 0.4) is 0 Å². The number of carbonyl (C=O) groups excluding carboxylic acids is 1. The van der Waals surface area contributed by atoms with Gasteiger partial charge in [-0.2, -0.15) is 0 Å². The fourth-order valence-electron chi connectivity index (χ4n) is 1.80. The summed E-state index contributed by atoms with van der Waals surface area (Å²) in [6.45, 7) is 2.20. The van der Waals surface area contributed by atoms with Crippen molar-refractivity contribution in [1.82, 2.24) is 0 Å². The van der Waals surface area contributed by atoms with Gasteiger partial charge in [0.2, 0.25) is 0 Å². The van der Waals surface area contributed by atoms with E-state index in [9.17, 15) is 4.79 Å². The number of benzene rings is 1. The van der Waals surface area contributed by atoms with Crippen LogP contribution in [0.4, 0.5) is 0 Å². The Bertz CT molecular complexity index is 460. The molecule has 1 heterocycles. The summed E-state index contributed by atoms with van der Waals surface area (Å²) in [7, 11) is 0. The van der Waals surface area contributed by atoms with Crippen molar-refractivity contribution in [1.29, 1.82) is 0 Å². The summed E-state index contributed by atoms with van der Waals surface area (Å²) in [6, 6.07) is 10.0. The zero-order chi connectivity index (χ0) is 12.1. The van der Waals surface area contributed by atoms with Crippen LogP contribution in [-0.2, 0) is 9.53 Å². The molecule has 0 N–H and O–H groups in total. The van der Waals surface area contributed by atoms with Crippen molar-refractivity contribution in [2.75, 3.05) is 6.61 Å². The summed E-state index contributed by atoms with van der Waals surface area (Å²) >= 11 is 0. The molecular weight excluding hydrogens is 214 g/mol. The normalized spacial score (nSPS) is 17.0. The van der Waals surface area contributed by atoms with Crippen molar-refractivity contribution in [3.63, 3.8) is 0 Å². The average Bonchev–Trinajstić information content (AvgIpc) is 2.79. The molecule has 3 nitrogen and oxygen atoms in total. The minimum absolute atomic E-state index is 0.305. The van der Waals surface area contributed by atoms with Gasteiger partial charge in [-0.3, -0.25) is 4.99 Å². The number of ether oxygens (including phenoxy) is 1. The van der Waals surface area contributed by atoms with Gasteiger partial charge in [-0.15, -0.1) is 0 Å². The Morgan fingerprint density at radius 2 is 2.12 bits per heavy atom. The SMILES string of the molecule is CCOC(=O)/C=C1\CCC(c2ccccc2)=N1. The maximum atomic E-state index is 11.3. The lowest BCUT2D eigenvalue weighted by atomic mass is 10.1. The standard InChI is InChI=1S/C14H15NO2/c1-2-17-14(16)10-12-8-9-13(15-12)11-6-4-3-5-7-11/h3-7,10H,2,8-9H2,1H3/b12-10+. The largest absolute Gasteiger partial charge is 0.463 e. The summed E-state index contributed by atoms with van der Waals surface area (Å²) < 4.78 is 4.86. The van der Waals surface area contributed by atoms with Crippen LogP contribution in [0.25, 0.3) is 0 Å². The fourth-order valence-corrected chi connectivity index (χ4v) is 1.80. The smallest absolute Gasteiger partial charge is 0.332 e. The Labute approximate surface area is 101 Å². The second-order valence-electron chi connectivity index (χ2n) is 3.81. The highest BCUT2D eigenvalue weighted by Crippen LogP contribution is 2.21. The van der Waals surface area contributed by atoms with Crippen LogP contribution in [0.5, 0.6) is 0 Å². The molecule has 0 saturated heterocycles. The molecule has 0 amide bonds. The molecule has 0 spiro atoms. The number of hydrogen-bond donors (Lipinski definition) is 0. The summed E-state index contributed by atoms with van der Waals surface area (Å²) in [6.07, 6.45) is 3.18. The molecule has 0 aliphatic carbocycles. The van der Waals surface area contributed by atoms with Gasteiger partial charge in [-0.25, -0.2) is 4.79 Å². The van der Waals surface area contributed by atoms with Crippen LogP contribution in [0.2, 0.25) is 0 Å². The van der Waals surface area contributed by atoms with E-state index in [0.29, 0.717) is 6.61 Å². The quantitative estimate of drug-likeness (QED) is 0.590. The van der Waals surface area contributed by atoms with E-state index >= 15 is 0 Å². The minimum atomic E-state index is -0.305. The van der Waals surface area contributed by atoms with Crippen LogP contribution in [0.1, 0.15) is 25.3 Å². The zero-order valence-corrected chi connectivity index (χ0v) is 9.85. The van der Waals surface area contributed by atoms with E-state index in [2.05, 4.69) is 4.99 Å². The van der Waals surface area contributed by atoms with E-state index < -0.39 is 0 Å². The third-order valence-electron chi connectivity index (χ3n) is 2.57. The Morgan fingerprint density at radius 3 is 2.82 bits per heavy atom. The van der Waals surface area contributed by atoms with E-state index in [1.165, 1.54) is 6.08 Å². The maximum Gasteiger partial charge on any atom is 0.332 e. The van der Waals surface area contributed by atoms with Gasteiger partial charge in [0.05, 0.1) is 6.61 Å². The lowest BCUT2D eigenvalue weighted by molar-refractivity contribution is -0.137. The summed E-state index contributed by atoms with van der Waals surface area (Å²) in [5, 5.41) is 0. The Morgan fingerprint density at radius 1 is 1.35 bits per heavy atom. The first kappa shape index (κ1) is 11.6. The second-order valence-corrected chi connectivity index (χ2v) is 3.81. The first-order valence-electron chi connectivity index (χ1n) is 5.80. The zero-order valence-electron chi connectivity index (χ0n) is 9.85. The van der Waals surface area contributed by atoms with Gasteiger partial charge < -0.3 is 4.74 Å². The molecule has 2 rings (SSSR count). The van der Waals surface area contributed by atoms with E-state index in [1.54, 1.807) is 6.92 Å². The second kappa shape index (κ2) is 5.43. The van der Waals surface area contributed by atoms with Gasteiger partial charge >= 0.3 is 5.97 Å². The van der Waals surface area contributed by atoms with E-state index in [1.807, 2.05) is 30.3 Å². The van der Waals surface area contributed by atoms with Crippen molar-refractivity contribution >= 4 is 11.7 Å². The highest BCUT2D eigenvalue weighted by molar-refractivity contribution is 6.03. The number of rotatable bonds is 3. The monoisotopic (exact) mass is 229 g/mol. The fraction of sp³-hybridized carbons (Fsp3) is 0.286. The van der Waals surface area contributed by atoms with Crippen molar-refractivity contribution in [3.8, 4) is 0 Å². The lowest BCUT2D eigenvalue weighted by Crippen LogP contribution is -1.99. The molecule has 0 aromatic heterocycles. The molecule has 1 aromatic carbocycles. The predicted octanol–water partition coefficient (Wildman–Crippen LogP) is 2.72. The topological polar surface area (TPSA) is 38.7 Å². The molecule has 1 aromatic rings. The minimum Gasteiger partial charge on any atom is -0.463 e. The molecule has 3 heteroatoms. The first-order chi connectivity index (χ1) is 8.29. The van der Waals surface area contributed by atoms with Gasteiger partial charge in [-0.1, -0.05) is 30.3 Å². The van der Waals surface area contributed by atoms with Crippen molar-refractivity contribution < 1.29 is 9.53 Å². The highest BCUT2D eigenvalue weighted by atomic mass is 16.5. The number of hydrogen-bond acceptors (Lipinski definition) is 3. The van der Waals surface area contributed by atoms with Crippen LogP contribution in [0, 0.1) is 0 Å². The van der Waals surface area contributed by atoms with Crippen molar-refractivity contribution in [2.24, 2.45) is 4.99 Å². The molecular formula is C14H15NO2. The van der Waals surface area contributed by atoms with Crippen LogP contribution in [-0.4, -0.2) is 18.3 Å². The molecule has 17 heavy (non-hydrogen) atoms. The van der Waals surface area contributed by atoms with Crippen molar-refractivity contribution in [2.45, 2.75) is 19.8 Å². The summed E-state index contributed by atoms with van der Waals surface area (Å²) in [4.78, 5) is 15.7. The third kappa shape index (κ3) is 3.03. The van der Waals surface area contributed by atoms with Gasteiger partial charge in [-0.05, 0) is 25.3 Å². The van der Waals surface area contributed by atoms with E-state index in [0.717, 1.165) is 29.8 Å². The molecule has 0 bridgehead atoms. The summed E-state index contributed by atoms with van der Waals surface area (Å²) in [5.41, 5.74) is 2.98. The number of aliphatic imine (C=N–C) groups is 1. The van der Waals surface area contributed by atoms with E-state index in [4.69, 9.17) is 4.74 Å². The van der Waals surface area contributed by atoms with Crippen LogP contribution >= 0.6 is 0 Å². The average molecular weight is 229 g/mol. The predicted molar refractivity (Wildman–Crippen MR) is 66.9 cm³/mol. The van der Waals surface area contributed by atoms with Crippen LogP contribution < -0.4 is 0 Å².